The number of fused-ring (bicyclic) bond motifs is 1. The van der Waals surface area contributed by atoms with E-state index in [1.165, 1.54) is 25.7 Å². The molecule has 5 heterocycles. The number of methoxy groups -OCH3 is 1. The number of ether oxygens (including phenoxy) is 1. The van der Waals surface area contributed by atoms with Gasteiger partial charge in [-0.15, -0.1) is 0 Å². The number of hydrogen-bond acceptors (Lipinski definition) is 9. The second kappa shape index (κ2) is 7.54. The number of nitrogens with zero attached hydrogens (tertiary/aromatic N) is 7. The molecular formula is C19H28N8O. The monoisotopic (exact) mass is 384 g/mol. The van der Waals surface area contributed by atoms with Gasteiger partial charge in [0.2, 0.25) is 5.95 Å². The lowest BCUT2D eigenvalue weighted by Crippen LogP contribution is -2.44. The zero-order valence-corrected chi connectivity index (χ0v) is 16.5. The van der Waals surface area contributed by atoms with Crippen LogP contribution >= 0.6 is 0 Å². The van der Waals surface area contributed by atoms with Gasteiger partial charge in [0.05, 0.1) is 7.11 Å². The Balaban J connectivity index is 1.65. The van der Waals surface area contributed by atoms with E-state index in [-0.39, 0.29) is 0 Å². The Labute approximate surface area is 165 Å². The molecule has 0 aliphatic carbocycles. The maximum Gasteiger partial charge on any atom is 0.258 e. The average Bonchev–Trinajstić information content (AvgIpc) is 3.47. The summed E-state index contributed by atoms with van der Waals surface area (Å²) in [4.78, 5) is 26.4. The highest BCUT2D eigenvalue weighted by Crippen LogP contribution is 2.33. The molecule has 0 saturated carbocycles. The number of nitrogens with one attached hydrogen (secondary N) is 1. The quantitative estimate of drug-likeness (QED) is 0.831. The zero-order valence-electron chi connectivity index (χ0n) is 16.5. The molecule has 0 bridgehead atoms. The Hall–Kier alpha value is -2.42. The third kappa shape index (κ3) is 3.17. The van der Waals surface area contributed by atoms with Crippen molar-refractivity contribution in [2.24, 2.45) is 0 Å². The van der Waals surface area contributed by atoms with E-state index in [1.54, 1.807) is 7.11 Å². The summed E-state index contributed by atoms with van der Waals surface area (Å²) < 4.78 is 5.62. The van der Waals surface area contributed by atoms with Gasteiger partial charge >= 0.3 is 0 Å². The van der Waals surface area contributed by atoms with E-state index >= 15 is 0 Å². The Kier molecular flexibility index (Phi) is 4.76. The highest BCUT2D eigenvalue weighted by Gasteiger charge is 2.26. The molecule has 28 heavy (non-hydrogen) atoms. The van der Waals surface area contributed by atoms with Crippen LogP contribution in [-0.4, -0.2) is 79.4 Å². The molecule has 3 fully saturated rings. The van der Waals surface area contributed by atoms with Crippen molar-refractivity contribution >= 4 is 28.7 Å². The molecule has 0 unspecified atom stereocenters. The summed E-state index contributed by atoms with van der Waals surface area (Å²) in [6.07, 6.45) is 4.73. The first-order valence-electron chi connectivity index (χ1n) is 10.4. The second-order valence-electron chi connectivity index (χ2n) is 7.70. The van der Waals surface area contributed by atoms with Crippen molar-refractivity contribution in [2.45, 2.75) is 25.7 Å². The van der Waals surface area contributed by atoms with Crippen molar-refractivity contribution in [2.75, 3.05) is 74.2 Å². The van der Waals surface area contributed by atoms with Crippen LogP contribution in [0.1, 0.15) is 25.7 Å². The van der Waals surface area contributed by atoms with Crippen molar-refractivity contribution in [3.63, 3.8) is 0 Å². The predicted octanol–water partition coefficient (Wildman–Crippen LogP) is 1.04. The zero-order chi connectivity index (χ0) is 18.9. The average molecular weight is 384 g/mol. The maximum absolute atomic E-state index is 5.62. The lowest BCUT2D eigenvalue weighted by Gasteiger charge is -2.29. The summed E-state index contributed by atoms with van der Waals surface area (Å²) in [6.45, 7) is 7.72. The normalized spacial score (nSPS) is 20.4. The van der Waals surface area contributed by atoms with Gasteiger partial charge in [0.25, 0.3) is 5.88 Å². The fraction of sp³-hybridized carbons (Fsp3) is 0.684. The number of hydrogen-bond donors (Lipinski definition) is 1. The third-order valence-corrected chi connectivity index (χ3v) is 5.86. The van der Waals surface area contributed by atoms with E-state index in [9.17, 15) is 0 Å². The van der Waals surface area contributed by atoms with Gasteiger partial charge in [-0.2, -0.15) is 9.97 Å². The summed E-state index contributed by atoms with van der Waals surface area (Å²) in [5.41, 5.74) is 1.42. The number of aromatic nitrogens is 4. The van der Waals surface area contributed by atoms with E-state index < -0.39 is 0 Å². The summed E-state index contributed by atoms with van der Waals surface area (Å²) in [7, 11) is 1.67. The molecule has 0 radical (unpaired) electrons. The molecule has 3 aliphatic rings. The largest absolute Gasteiger partial charge is 0.478 e. The number of anilines is 3. The topological polar surface area (TPSA) is 82.5 Å². The first kappa shape index (κ1) is 17.7. The summed E-state index contributed by atoms with van der Waals surface area (Å²) in [5.74, 6) is 3.05. The Morgan fingerprint density at radius 1 is 0.714 bits per heavy atom. The van der Waals surface area contributed by atoms with Gasteiger partial charge in [-0.25, -0.2) is 9.97 Å². The molecule has 0 amide bonds. The molecule has 9 heteroatoms. The SMILES string of the molecule is COc1nc2c(N3CCCC3)nc(N3CCNCC3)nc2nc1N1CCCC1. The van der Waals surface area contributed by atoms with Crippen molar-refractivity contribution in [3.05, 3.63) is 0 Å². The first-order valence-corrected chi connectivity index (χ1v) is 10.4. The summed E-state index contributed by atoms with van der Waals surface area (Å²) >= 11 is 0. The first-order chi connectivity index (χ1) is 13.8. The molecule has 3 aliphatic heterocycles. The van der Waals surface area contributed by atoms with Crippen molar-refractivity contribution in [3.8, 4) is 5.88 Å². The highest BCUT2D eigenvalue weighted by atomic mass is 16.5. The van der Waals surface area contributed by atoms with Crippen molar-refractivity contribution < 1.29 is 4.74 Å². The van der Waals surface area contributed by atoms with Gasteiger partial charge in [-0.1, -0.05) is 0 Å². The van der Waals surface area contributed by atoms with Gasteiger partial charge in [-0.3, -0.25) is 0 Å². The van der Waals surface area contributed by atoms with E-state index in [0.717, 1.165) is 75.5 Å². The predicted molar refractivity (Wildman–Crippen MR) is 110 cm³/mol. The van der Waals surface area contributed by atoms with Crippen molar-refractivity contribution in [1.29, 1.82) is 0 Å². The maximum atomic E-state index is 5.62. The lowest BCUT2D eigenvalue weighted by molar-refractivity contribution is 0.398. The standard InChI is InChI=1S/C19H28N8O/c1-28-18-17(26-10-4-5-11-26)22-15-14(21-18)16(25-8-2-3-9-25)24-19(23-15)27-12-6-20-7-13-27/h20H,2-13H2,1H3. The van der Waals surface area contributed by atoms with Crippen LogP contribution in [0.5, 0.6) is 5.88 Å². The minimum atomic E-state index is 0.577. The van der Waals surface area contributed by atoms with Crippen LogP contribution in [0.25, 0.3) is 11.2 Å². The molecule has 0 spiro atoms. The van der Waals surface area contributed by atoms with Crippen LogP contribution in [0.15, 0.2) is 0 Å². The van der Waals surface area contributed by atoms with Gasteiger partial charge in [0, 0.05) is 52.4 Å². The minimum absolute atomic E-state index is 0.577. The molecule has 2 aromatic heterocycles. The molecule has 9 nitrogen and oxygen atoms in total. The lowest BCUT2D eigenvalue weighted by atomic mass is 10.3. The van der Waals surface area contributed by atoms with Gasteiger partial charge < -0.3 is 24.8 Å². The molecule has 0 atom stereocenters. The van der Waals surface area contributed by atoms with Gasteiger partial charge in [-0.05, 0) is 25.7 Å². The van der Waals surface area contributed by atoms with E-state index in [1.807, 2.05) is 0 Å². The Morgan fingerprint density at radius 3 is 2.00 bits per heavy atom. The van der Waals surface area contributed by atoms with Gasteiger partial charge in [0.1, 0.15) is 0 Å². The Morgan fingerprint density at radius 2 is 1.36 bits per heavy atom. The molecule has 5 rings (SSSR count). The third-order valence-electron chi connectivity index (χ3n) is 5.86. The smallest absolute Gasteiger partial charge is 0.258 e. The summed E-state index contributed by atoms with van der Waals surface area (Å²) in [6, 6.07) is 0. The molecule has 3 saturated heterocycles. The fourth-order valence-corrected chi connectivity index (χ4v) is 4.33. The highest BCUT2D eigenvalue weighted by molar-refractivity contribution is 5.86. The minimum Gasteiger partial charge on any atom is -0.478 e. The molecular weight excluding hydrogens is 356 g/mol. The number of piperazine rings is 1. The molecule has 0 aromatic carbocycles. The Bertz CT molecular complexity index is 841. The summed E-state index contributed by atoms with van der Waals surface area (Å²) in [5, 5.41) is 3.39. The fourth-order valence-electron chi connectivity index (χ4n) is 4.33. The van der Waals surface area contributed by atoms with E-state index in [0.29, 0.717) is 11.5 Å². The number of rotatable bonds is 4. The second-order valence-corrected chi connectivity index (χ2v) is 7.70. The van der Waals surface area contributed by atoms with Crippen LogP contribution in [0, 0.1) is 0 Å². The van der Waals surface area contributed by atoms with E-state index in [2.05, 4.69) is 20.0 Å². The molecule has 1 N–H and O–H groups in total. The van der Waals surface area contributed by atoms with Crippen LogP contribution in [0.2, 0.25) is 0 Å². The molecule has 150 valence electrons. The van der Waals surface area contributed by atoms with E-state index in [4.69, 9.17) is 24.7 Å². The molecule has 2 aromatic rings. The van der Waals surface area contributed by atoms with Crippen LogP contribution < -0.4 is 24.8 Å². The van der Waals surface area contributed by atoms with Crippen LogP contribution in [-0.2, 0) is 0 Å². The van der Waals surface area contributed by atoms with Gasteiger partial charge in [0.15, 0.2) is 22.8 Å². The van der Waals surface area contributed by atoms with Crippen LogP contribution in [0.4, 0.5) is 17.6 Å². The van der Waals surface area contributed by atoms with Crippen LogP contribution in [0.3, 0.4) is 0 Å². The van der Waals surface area contributed by atoms with Crippen molar-refractivity contribution in [1.82, 2.24) is 25.3 Å².